The summed E-state index contributed by atoms with van der Waals surface area (Å²) in [6.07, 6.45) is 2.07. The summed E-state index contributed by atoms with van der Waals surface area (Å²) in [7, 11) is 0. The minimum atomic E-state index is -0.406. The topological polar surface area (TPSA) is 71.3 Å². The summed E-state index contributed by atoms with van der Waals surface area (Å²) in [4.78, 5) is 27.3. The Bertz CT molecular complexity index is 1120. The maximum atomic E-state index is 12.9. The van der Waals surface area contributed by atoms with E-state index in [1.54, 1.807) is 24.4 Å². The highest BCUT2D eigenvalue weighted by atomic mass is 35.5. The van der Waals surface area contributed by atoms with E-state index in [9.17, 15) is 9.59 Å². The molecular formula is C21H19ClN2O3S. The van der Waals surface area contributed by atoms with Gasteiger partial charge in [0.1, 0.15) is 17.0 Å². The summed E-state index contributed by atoms with van der Waals surface area (Å²) in [5, 5.41) is 12.7. The second-order valence-corrected chi connectivity index (χ2v) is 7.64. The first-order chi connectivity index (χ1) is 13.5. The molecule has 0 spiro atoms. The first-order valence-electron chi connectivity index (χ1n) is 8.78. The van der Waals surface area contributed by atoms with Crippen molar-refractivity contribution in [2.75, 3.05) is 6.61 Å². The zero-order chi connectivity index (χ0) is 20.1. The molecule has 0 radical (unpaired) electrons. The second kappa shape index (κ2) is 9.07. The van der Waals surface area contributed by atoms with E-state index in [1.807, 2.05) is 23.6 Å². The Hall–Kier alpha value is -2.59. The Morgan fingerprint density at radius 1 is 1.29 bits per heavy atom. The van der Waals surface area contributed by atoms with Gasteiger partial charge in [-0.2, -0.15) is 0 Å². The van der Waals surface area contributed by atoms with Crippen LogP contribution in [-0.4, -0.2) is 22.2 Å². The van der Waals surface area contributed by atoms with Crippen molar-refractivity contribution < 1.29 is 9.90 Å². The van der Waals surface area contributed by atoms with Crippen LogP contribution in [0.2, 0.25) is 5.02 Å². The average molecular weight is 415 g/mol. The molecule has 5 nitrogen and oxygen atoms in total. The number of carbonyl (C=O) groups excluding carboxylic acids is 1. The first-order valence-corrected chi connectivity index (χ1v) is 9.98. The standard InChI is InChI=1S/C21H19ClN2O3S/c1-2-24-13-18(20(27)23-12-14-6-8-15(22)9-7-14)19(26)17-11-16(28-21(17)24)5-3-4-10-25/h6-9,11,13,25H,2,5,10,12H2,1H3,(H,23,27). The van der Waals surface area contributed by atoms with Crippen molar-refractivity contribution in [2.45, 2.75) is 26.4 Å². The molecule has 0 aliphatic rings. The Morgan fingerprint density at radius 3 is 2.71 bits per heavy atom. The molecule has 0 aliphatic heterocycles. The van der Waals surface area contributed by atoms with Gasteiger partial charge in [-0.15, -0.1) is 11.3 Å². The normalized spacial score (nSPS) is 10.5. The summed E-state index contributed by atoms with van der Waals surface area (Å²) in [6.45, 7) is 2.72. The molecule has 2 aromatic heterocycles. The van der Waals surface area contributed by atoms with E-state index in [-0.39, 0.29) is 17.6 Å². The smallest absolute Gasteiger partial charge is 0.257 e. The van der Waals surface area contributed by atoms with Crippen LogP contribution in [0.1, 0.15) is 27.7 Å². The summed E-state index contributed by atoms with van der Waals surface area (Å²) in [6, 6.07) is 8.96. The number of aliphatic hydroxyl groups is 1. The lowest BCUT2D eigenvalue weighted by atomic mass is 10.1. The van der Waals surface area contributed by atoms with Crippen LogP contribution in [0.5, 0.6) is 0 Å². The minimum Gasteiger partial charge on any atom is -0.384 e. The van der Waals surface area contributed by atoms with Crippen molar-refractivity contribution in [3.8, 4) is 11.8 Å². The number of thiophene rings is 1. The molecule has 2 N–H and O–H groups in total. The molecule has 0 atom stereocenters. The van der Waals surface area contributed by atoms with Crippen molar-refractivity contribution in [1.82, 2.24) is 9.88 Å². The molecule has 1 amide bonds. The number of rotatable bonds is 5. The summed E-state index contributed by atoms with van der Waals surface area (Å²) < 4.78 is 1.90. The van der Waals surface area contributed by atoms with Crippen LogP contribution in [-0.2, 0) is 19.5 Å². The first kappa shape index (κ1) is 20.2. The lowest BCUT2D eigenvalue weighted by Crippen LogP contribution is -2.29. The summed E-state index contributed by atoms with van der Waals surface area (Å²) >= 11 is 7.35. The van der Waals surface area contributed by atoms with Gasteiger partial charge in [-0.25, -0.2) is 0 Å². The van der Waals surface area contributed by atoms with Gasteiger partial charge in [-0.05, 0) is 30.7 Å². The molecule has 144 valence electrons. The number of pyridine rings is 1. The van der Waals surface area contributed by atoms with Gasteiger partial charge < -0.3 is 15.0 Å². The van der Waals surface area contributed by atoms with Crippen LogP contribution in [0.3, 0.4) is 0 Å². The number of aryl methyl sites for hydroxylation is 1. The highest BCUT2D eigenvalue weighted by Gasteiger charge is 2.17. The van der Waals surface area contributed by atoms with Gasteiger partial charge in [0.15, 0.2) is 0 Å². The fourth-order valence-electron chi connectivity index (χ4n) is 2.79. The van der Waals surface area contributed by atoms with Crippen molar-refractivity contribution in [3.63, 3.8) is 0 Å². The maximum Gasteiger partial charge on any atom is 0.257 e. The third-order valence-corrected chi connectivity index (χ3v) is 5.64. The zero-order valence-corrected chi connectivity index (χ0v) is 16.9. The number of nitrogens with one attached hydrogen (secondary N) is 1. The molecule has 1 aromatic carbocycles. The molecule has 0 unspecified atom stereocenters. The van der Waals surface area contributed by atoms with E-state index in [0.29, 0.717) is 29.9 Å². The van der Waals surface area contributed by atoms with Crippen molar-refractivity contribution in [3.05, 3.63) is 67.8 Å². The Morgan fingerprint density at radius 2 is 2.04 bits per heavy atom. The molecule has 0 aliphatic carbocycles. The number of hydrogen-bond acceptors (Lipinski definition) is 4. The molecular weight excluding hydrogens is 396 g/mol. The van der Waals surface area contributed by atoms with E-state index in [4.69, 9.17) is 16.7 Å². The van der Waals surface area contributed by atoms with Crippen molar-refractivity contribution >= 4 is 39.1 Å². The number of halogens is 1. The van der Waals surface area contributed by atoms with Gasteiger partial charge in [0.2, 0.25) is 5.43 Å². The highest BCUT2D eigenvalue weighted by Crippen LogP contribution is 2.24. The molecule has 0 bridgehead atoms. The molecule has 0 saturated carbocycles. The summed E-state index contributed by atoms with van der Waals surface area (Å²) in [5.74, 6) is 5.06. The van der Waals surface area contributed by atoms with Crippen LogP contribution in [0.15, 0.2) is 41.3 Å². The number of fused-ring (bicyclic) bond motifs is 1. The maximum absolute atomic E-state index is 12.9. The number of amides is 1. The zero-order valence-electron chi connectivity index (χ0n) is 15.3. The minimum absolute atomic E-state index is 0.120. The van der Waals surface area contributed by atoms with Gasteiger partial charge in [0, 0.05) is 35.6 Å². The molecule has 2 heterocycles. The van der Waals surface area contributed by atoms with Crippen LogP contribution >= 0.6 is 22.9 Å². The molecule has 0 fully saturated rings. The number of carbonyl (C=O) groups is 1. The fourth-order valence-corrected chi connectivity index (χ4v) is 4.05. The molecule has 3 rings (SSSR count). The van der Waals surface area contributed by atoms with Crippen LogP contribution < -0.4 is 10.7 Å². The molecule has 3 aromatic rings. The van der Waals surface area contributed by atoms with E-state index in [2.05, 4.69) is 17.2 Å². The monoisotopic (exact) mass is 414 g/mol. The van der Waals surface area contributed by atoms with E-state index in [1.165, 1.54) is 11.3 Å². The summed E-state index contributed by atoms with van der Waals surface area (Å²) in [5.41, 5.74) is 0.731. The number of benzene rings is 1. The van der Waals surface area contributed by atoms with E-state index < -0.39 is 5.91 Å². The van der Waals surface area contributed by atoms with Crippen LogP contribution in [0.4, 0.5) is 0 Å². The van der Waals surface area contributed by atoms with Gasteiger partial charge in [0.05, 0.1) is 5.39 Å². The van der Waals surface area contributed by atoms with Gasteiger partial charge in [-0.1, -0.05) is 35.6 Å². The quantitative estimate of drug-likeness (QED) is 0.630. The predicted octanol–water partition coefficient (Wildman–Crippen LogP) is 3.20. The van der Waals surface area contributed by atoms with E-state index >= 15 is 0 Å². The van der Waals surface area contributed by atoms with Crippen LogP contribution in [0.25, 0.3) is 10.2 Å². The molecule has 7 heteroatoms. The largest absolute Gasteiger partial charge is 0.384 e. The third kappa shape index (κ3) is 4.45. The van der Waals surface area contributed by atoms with Gasteiger partial charge >= 0.3 is 0 Å². The Balaban J connectivity index is 1.89. The number of nitrogens with zero attached hydrogens (tertiary/aromatic N) is 1. The highest BCUT2D eigenvalue weighted by molar-refractivity contribution is 7.18. The second-order valence-electron chi connectivity index (χ2n) is 6.09. The SMILES string of the molecule is CCn1cc(C(=O)NCc2ccc(Cl)cc2)c(=O)c2cc(CC#CCO)sc21. The number of aliphatic hydroxyl groups excluding tert-OH is 1. The predicted molar refractivity (Wildman–Crippen MR) is 113 cm³/mol. The van der Waals surface area contributed by atoms with E-state index in [0.717, 1.165) is 15.3 Å². The van der Waals surface area contributed by atoms with Gasteiger partial charge in [-0.3, -0.25) is 9.59 Å². The lowest BCUT2D eigenvalue weighted by molar-refractivity contribution is 0.0949. The molecule has 0 saturated heterocycles. The van der Waals surface area contributed by atoms with Crippen molar-refractivity contribution in [2.24, 2.45) is 0 Å². The molecule has 28 heavy (non-hydrogen) atoms. The number of hydrogen-bond donors (Lipinski definition) is 2. The van der Waals surface area contributed by atoms with Crippen molar-refractivity contribution in [1.29, 1.82) is 0 Å². The lowest BCUT2D eigenvalue weighted by Gasteiger charge is -2.09. The Kier molecular flexibility index (Phi) is 6.53. The van der Waals surface area contributed by atoms with Crippen LogP contribution in [0, 0.1) is 11.8 Å². The third-order valence-electron chi connectivity index (χ3n) is 4.22. The Labute approximate surface area is 171 Å². The fraction of sp³-hybridized carbons (Fsp3) is 0.238. The van der Waals surface area contributed by atoms with Gasteiger partial charge in [0.25, 0.3) is 5.91 Å². The number of aromatic nitrogens is 1. The average Bonchev–Trinajstić information content (AvgIpc) is 3.13.